The minimum Gasteiger partial charge on any atom is -0.484 e. The Balaban J connectivity index is 1.20. The Morgan fingerprint density at radius 1 is 1.02 bits per heavy atom. The van der Waals surface area contributed by atoms with Crippen LogP contribution in [0.15, 0.2) is 60.8 Å². The number of likely N-dealkylation sites (tertiary alicyclic amines) is 1. The first-order chi connectivity index (χ1) is 21.5. The number of urea groups is 1. The SMILES string of the molecule is COC(=O)c1cc(NC(=O)N[C@H]2CC[C@@H](Oc3ccc4nnc([C@]5(C)CCCN5C)n4c3)c3ccccc32)cc(C(C)(C)C)c1. The minimum absolute atomic E-state index is 0.171. The highest BCUT2D eigenvalue weighted by Crippen LogP contribution is 2.40. The molecule has 0 bridgehead atoms. The molecular formula is C35H42N6O4. The van der Waals surface area contributed by atoms with Gasteiger partial charge in [-0.15, -0.1) is 10.2 Å². The fourth-order valence-electron chi connectivity index (χ4n) is 6.57. The molecule has 10 nitrogen and oxygen atoms in total. The Hall–Kier alpha value is -4.44. The maximum absolute atomic E-state index is 13.3. The fraction of sp³-hybridized carbons (Fsp3) is 0.429. The summed E-state index contributed by atoms with van der Waals surface area (Å²) in [5.41, 5.74) is 4.31. The molecule has 45 heavy (non-hydrogen) atoms. The number of amides is 2. The molecule has 1 saturated heterocycles. The van der Waals surface area contributed by atoms with Crippen molar-refractivity contribution in [3.8, 4) is 5.75 Å². The lowest BCUT2D eigenvalue weighted by molar-refractivity contribution is 0.0600. The summed E-state index contributed by atoms with van der Waals surface area (Å²) in [7, 11) is 3.49. The van der Waals surface area contributed by atoms with Crippen LogP contribution >= 0.6 is 0 Å². The van der Waals surface area contributed by atoms with Crippen molar-refractivity contribution in [2.75, 3.05) is 26.0 Å². The lowest BCUT2D eigenvalue weighted by Gasteiger charge is -2.32. The van der Waals surface area contributed by atoms with Crippen molar-refractivity contribution in [2.24, 2.45) is 0 Å². The van der Waals surface area contributed by atoms with Gasteiger partial charge in [0.2, 0.25) is 0 Å². The Morgan fingerprint density at radius 3 is 2.51 bits per heavy atom. The lowest BCUT2D eigenvalue weighted by Crippen LogP contribution is -2.37. The van der Waals surface area contributed by atoms with Crippen molar-refractivity contribution >= 4 is 23.3 Å². The highest BCUT2D eigenvalue weighted by molar-refractivity contribution is 5.94. The molecule has 3 heterocycles. The van der Waals surface area contributed by atoms with E-state index in [0.717, 1.165) is 59.7 Å². The molecule has 2 N–H and O–H groups in total. The van der Waals surface area contributed by atoms with E-state index in [-0.39, 0.29) is 29.1 Å². The summed E-state index contributed by atoms with van der Waals surface area (Å²) < 4.78 is 13.6. The molecule has 1 aliphatic carbocycles. The summed E-state index contributed by atoms with van der Waals surface area (Å²) in [6.07, 6.45) is 5.41. The summed E-state index contributed by atoms with van der Waals surface area (Å²) in [4.78, 5) is 27.9. The van der Waals surface area contributed by atoms with Crippen LogP contribution in [-0.4, -0.2) is 52.2 Å². The van der Waals surface area contributed by atoms with Crippen LogP contribution in [-0.2, 0) is 15.7 Å². The number of hydrogen-bond donors (Lipinski definition) is 2. The number of benzene rings is 2. The first-order valence-electron chi connectivity index (χ1n) is 15.6. The molecule has 0 radical (unpaired) electrons. The molecule has 6 rings (SSSR count). The highest BCUT2D eigenvalue weighted by Gasteiger charge is 2.40. The van der Waals surface area contributed by atoms with E-state index in [1.165, 1.54) is 7.11 Å². The van der Waals surface area contributed by atoms with Crippen LogP contribution in [0.25, 0.3) is 5.65 Å². The second-order valence-electron chi connectivity index (χ2n) is 13.4. The number of ether oxygens (including phenoxy) is 2. The highest BCUT2D eigenvalue weighted by atomic mass is 16.5. The third kappa shape index (κ3) is 5.99. The molecular weight excluding hydrogens is 568 g/mol. The number of carbonyl (C=O) groups excluding carboxylic acids is 2. The number of fused-ring (bicyclic) bond motifs is 2. The van der Waals surface area contributed by atoms with E-state index in [1.807, 2.05) is 48.7 Å². The average Bonchev–Trinajstić information content (AvgIpc) is 3.60. The van der Waals surface area contributed by atoms with Gasteiger partial charge in [0.1, 0.15) is 11.9 Å². The molecule has 10 heteroatoms. The van der Waals surface area contributed by atoms with E-state index in [4.69, 9.17) is 9.47 Å². The molecule has 2 aromatic carbocycles. The summed E-state index contributed by atoms with van der Waals surface area (Å²) in [5.74, 6) is 1.22. The van der Waals surface area contributed by atoms with Crippen molar-refractivity contribution < 1.29 is 19.1 Å². The first-order valence-corrected chi connectivity index (χ1v) is 15.6. The van der Waals surface area contributed by atoms with Gasteiger partial charge in [0, 0.05) is 5.69 Å². The number of hydrogen-bond acceptors (Lipinski definition) is 7. The van der Waals surface area contributed by atoms with Gasteiger partial charge in [0.25, 0.3) is 0 Å². The number of anilines is 1. The van der Waals surface area contributed by atoms with E-state index in [9.17, 15) is 9.59 Å². The Bertz CT molecular complexity index is 1740. The molecule has 2 aromatic heterocycles. The summed E-state index contributed by atoms with van der Waals surface area (Å²) >= 11 is 0. The molecule has 3 atom stereocenters. The smallest absolute Gasteiger partial charge is 0.337 e. The van der Waals surface area contributed by atoms with E-state index >= 15 is 0 Å². The average molecular weight is 611 g/mol. The predicted octanol–water partition coefficient (Wildman–Crippen LogP) is 6.53. The summed E-state index contributed by atoms with van der Waals surface area (Å²) in [5, 5.41) is 15.1. The Morgan fingerprint density at radius 2 is 1.80 bits per heavy atom. The quantitative estimate of drug-likeness (QED) is 0.239. The van der Waals surface area contributed by atoms with Gasteiger partial charge >= 0.3 is 12.0 Å². The zero-order valence-electron chi connectivity index (χ0n) is 26.9. The van der Waals surface area contributed by atoms with Crippen LogP contribution < -0.4 is 15.4 Å². The number of aromatic nitrogens is 3. The molecule has 1 aliphatic heterocycles. The van der Waals surface area contributed by atoms with Crippen molar-refractivity contribution in [1.82, 2.24) is 24.8 Å². The lowest BCUT2D eigenvalue weighted by atomic mass is 9.85. The molecule has 2 aliphatic rings. The Kier molecular flexibility index (Phi) is 8.03. The number of nitrogens with zero attached hydrogens (tertiary/aromatic N) is 4. The molecule has 4 aromatic rings. The van der Waals surface area contributed by atoms with Gasteiger partial charge < -0.3 is 20.1 Å². The second-order valence-corrected chi connectivity index (χ2v) is 13.4. The van der Waals surface area contributed by atoms with Crippen LogP contribution in [0, 0.1) is 0 Å². The number of esters is 1. The fourth-order valence-corrected chi connectivity index (χ4v) is 6.57. The summed E-state index contributed by atoms with van der Waals surface area (Å²) in [6, 6.07) is 16.8. The van der Waals surface area contributed by atoms with Crippen LogP contribution in [0.2, 0.25) is 0 Å². The van der Waals surface area contributed by atoms with E-state index in [0.29, 0.717) is 17.7 Å². The monoisotopic (exact) mass is 610 g/mol. The number of rotatable bonds is 6. The van der Waals surface area contributed by atoms with Crippen molar-refractivity contribution in [2.45, 2.75) is 76.5 Å². The Labute approximate surface area is 264 Å². The van der Waals surface area contributed by atoms with Gasteiger partial charge in [0.15, 0.2) is 11.5 Å². The van der Waals surface area contributed by atoms with Crippen LogP contribution in [0.5, 0.6) is 5.75 Å². The number of carbonyl (C=O) groups is 2. The van der Waals surface area contributed by atoms with Crippen molar-refractivity contribution in [1.29, 1.82) is 0 Å². The molecule has 1 fully saturated rings. The molecule has 236 valence electrons. The third-order valence-electron chi connectivity index (χ3n) is 9.35. The second kappa shape index (κ2) is 11.8. The number of pyridine rings is 1. The minimum atomic E-state index is -0.448. The van der Waals surface area contributed by atoms with Gasteiger partial charge in [-0.3, -0.25) is 9.30 Å². The van der Waals surface area contributed by atoms with Gasteiger partial charge in [-0.1, -0.05) is 45.0 Å². The van der Waals surface area contributed by atoms with Crippen molar-refractivity contribution in [3.63, 3.8) is 0 Å². The predicted molar refractivity (Wildman–Crippen MR) is 173 cm³/mol. The molecule has 0 spiro atoms. The largest absolute Gasteiger partial charge is 0.484 e. The van der Waals surface area contributed by atoms with E-state index < -0.39 is 5.97 Å². The van der Waals surface area contributed by atoms with Crippen LogP contribution in [0.1, 0.15) is 98.4 Å². The van der Waals surface area contributed by atoms with E-state index in [2.05, 4.69) is 70.9 Å². The maximum Gasteiger partial charge on any atom is 0.337 e. The zero-order valence-corrected chi connectivity index (χ0v) is 26.9. The van der Waals surface area contributed by atoms with Crippen LogP contribution in [0.4, 0.5) is 10.5 Å². The molecule has 2 amide bonds. The standard InChI is InChI=1S/C35H42N6O4/c1-34(2,3)23-18-22(31(42)44-6)19-24(20-23)36-33(43)37-28-13-14-29(27-11-8-7-10-26(27)28)45-25-12-15-30-38-39-32(41(30)21-25)35(4)16-9-17-40(35)5/h7-8,10-12,15,18-21,28-29H,9,13-14,16-17H2,1-6H3,(H2,36,37,43)/t28-,29+,35-/m0/s1. The van der Waals surface area contributed by atoms with Crippen LogP contribution in [0.3, 0.4) is 0 Å². The topological polar surface area (TPSA) is 110 Å². The van der Waals surface area contributed by atoms with E-state index in [1.54, 1.807) is 6.07 Å². The molecule has 0 unspecified atom stereocenters. The van der Waals surface area contributed by atoms with Crippen molar-refractivity contribution in [3.05, 3.63) is 88.9 Å². The molecule has 0 saturated carbocycles. The van der Waals surface area contributed by atoms with Gasteiger partial charge in [-0.2, -0.15) is 0 Å². The van der Waals surface area contributed by atoms with Gasteiger partial charge in [-0.25, -0.2) is 9.59 Å². The maximum atomic E-state index is 13.3. The number of methoxy groups -OCH3 is 1. The first kappa shape index (κ1) is 30.6. The van der Waals surface area contributed by atoms with Gasteiger partial charge in [0.05, 0.1) is 30.5 Å². The normalized spacial score (nSPS) is 21.7. The third-order valence-corrected chi connectivity index (χ3v) is 9.35. The zero-order chi connectivity index (χ0) is 31.9. The number of nitrogens with one attached hydrogen (secondary N) is 2. The van der Waals surface area contributed by atoms with Gasteiger partial charge in [-0.05, 0) is 98.6 Å². The summed E-state index contributed by atoms with van der Waals surface area (Å²) in [6.45, 7) is 9.43.